The van der Waals surface area contributed by atoms with Crippen LogP contribution in [0.15, 0.2) is 56.8 Å². The Morgan fingerprint density at radius 1 is 0.929 bits per heavy atom. The van der Waals surface area contributed by atoms with Crippen molar-refractivity contribution in [2.24, 2.45) is 14.1 Å². The number of hydrogen-bond acceptors (Lipinski definition) is 5. The molecular formula is C20H21N3O5. The van der Waals surface area contributed by atoms with Crippen molar-refractivity contribution in [3.8, 4) is 0 Å². The van der Waals surface area contributed by atoms with Crippen LogP contribution in [0.25, 0.3) is 10.8 Å². The molecule has 0 saturated heterocycles. The summed E-state index contributed by atoms with van der Waals surface area (Å²) in [6, 6.07) is 12.9. The third-order valence-corrected chi connectivity index (χ3v) is 4.71. The van der Waals surface area contributed by atoms with Crippen molar-refractivity contribution in [3.05, 3.63) is 79.5 Å². The van der Waals surface area contributed by atoms with Crippen LogP contribution in [0.1, 0.15) is 23.7 Å². The zero-order valence-corrected chi connectivity index (χ0v) is 15.9. The standard InChI is InChI=1S/C20H21N3O5/c1-4-16(12-23-19(26)21(2)18(25)22(3)20(23)27)28-17(24)15-10-9-13-7-5-6-8-14(13)11-15/h5-11,16H,4,12H2,1-3H3. The second kappa shape index (κ2) is 7.67. The van der Waals surface area contributed by atoms with E-state index in [4.69, 9.17) is 4.74 Å². The molecule has 1 aromatic heterocycles. The van der Waals surface area contributed by atoms with Gasteiger partial charge in [-0.15, -0.1) is 0 Å². The number of benzene rings is 2. The maximum Gasteiger partial charge on any atom is 0.338 e. The molecule has 8 heteroatoms. The highest BCUT2D eigenvalue weighted by Gasteiger charge is 2.19. The molecule has 28 heavy (non-hydrogen) atoms. The number of carbonyl (C=O) groups is 1. The fourth-order valence-corrected chi connectivity index (χ4v) is 2.98. The van der Waals surface area contributed by atoms with E-state index < -0.39 is 29.1 Å². The van der Waals surface area contributed by atoms with Crippen LogP contribution in [-0.4, -0.2) is 25.8 Å². The summed E-state index contributed by atoms with van der Waals surface area (Å²) in [6.07, 6.45) is -0.292. The minimum absolute atomic E-state index is 0.130. The van der Waals surface area contributed by atoms with Gasteiger partial charge in [0.2, 0.25) is 0 Å². The number of rotatable bonds is 5. The number of esters is 1. The Kier molecular flexibility index (Phi) is 5.30. The monoisotopic (exact) mass is 383 g/mol. The van der Waals surface area contributed by atoms with Gasteiger partial charge in [-0.05, 0) is 29.3 Å². The molecular weight excluding hydrogens is 362 g/mol. The van der Waals surface area contributed by atoms with E-state index in [2.05, 4.69) is 0 Å². The molecule has 0 radical (unpaired) electrons. The third-order valence-electron chi connectivity index (χ3n) is 4.71. The van der Waals surface area contributed by atoms with E-state index in [1.165, 1.54) is 14.1 Å². The van der Waals surface area contributed by atoms with Crippen molar-refractivity contribution in [1.82, 2.24) is 13.7 Å². The number of nitrogens with zero attached hydrogens (tertiary/aromatic N) is 3. The molecule has 0 aliphatic carbocycles. The first kappa shape index (κ1) is 19.3. The van der Waals surface area contributed by atoms with Crippen molar-refractivity contribution in [1.29, 1.82) is 0 Å². The summed E-state index contributed by atoms with van der Waals surface area (Å²) < 4.78 is 8.12. The maximum absolute atomic E-state index is 12.6. The van der Waals surface area contributed by atoms with Crippen molar-refractivity contribution in [2.45, 2.75) is 26.0 Å². The lowest BCUT2D eigenvalue weighted by atomic mass is 10.1. The Labute approximate surface area is 160 Å². The van der Waals surface area contributed by atoms with Gasteiger partial charge in [0.25, 0.3) is 0 Å². The maximum atomic E-state index is 12.6. The molecule has 146 valence electrons. The molecule has 1 heterocycles. The number of carbonyl (C=O) groups excluding carboxylic acids is 1. The molecule has 3 aromatic rings. The Balaban J connectivity index is 1.87. The lowest BCUT2D eigenvalue weighted by Crippen LogP contribution is -2.53. The van der Waals surface area contributed by atoms with Crippen molar-refractivity contribution in [2.75, 3.05) is 0 Å². The quantitative estimate of drug-likeness (QED) is 0.614. The fraction of sp³-hybridized carbons (Fsp3) is 0.300. The van der Waals surface area contributed by atoms with Crippen molar-refractivity contribution >= 4 is 16.7 Å². The predicted octanol–water partition coefficient (Wildman–Crippen LogP) is 1.03. The molecule has 0 saturated carbocycles. The minimum atomic E-state index is -0.742. The zero-order chi connectivity index (χ0) is 20.4. The van der Waals surface area contributed by atoms with E-state index in [1.54, 1.807) is 19.1 Å². The summed E-state index contributed by atoms with van der Waals surface area (Å²) in [7, 11) is 2.59. The highest BCUT2D eigenvalue weighted by molar-refractivity contribution is 5.95. The number of ether oxygens (including phenoxy) is 1. The van der Waals surface area contributed by atoms with E-state index in [0.29, 0.717) is 12.0 Å². The molecule has 0 amide bonds. The summed E-state index contributed by atoms with van der Waals surface area (Å²) in [5.41, 5.74) is -1.80. The first-order valence-electron chi connectivity index (χ1n) is 8.90. The summed E-state index contributed by atoms with van der Waals surface area (Å²) >= 11 is 0. The molecule has 0 N–H and O–H groups in total. The van der Waals surface area contributed by atoms with E-state index in [9.17, 15) is 19.2 Å². The molecule has 0 spiro atoms. The van der Waals surface area contributed by atoms with Gasteiger partial charge in [-0.3, -0.25) is 0 Å². The Hall–Kier alpha value is -3.42. The minimum Gasteiger partial charge on any atom is -0.457 e. The van der Waals surface area contributed by atoms with Gasteiger partial charge in [0.1, 0.15) is 6.10 Å². The van der Waals surface area contributed by atoms with E-state index in [0.717, 1.165) is 24.5 Å². The van der Waals surface area contributed by atoms with Gasteiger partial charge in [-0.25, -0.2) is 32.9 Å². The van der Waals surface area contributed by atoms with E-state index in [1.807, 2.05) is 30.3 Å². The van der Waals surface area contributed by atoms with Gasteiger partial charge >= 0.3 is 23.0 Å². The summed E-state index contributed by atoms with van der Waals surface area (Å²) in [4.78, 5) is 48.9. The highest BCUT2D eigenvalue weighted by atomic mass is 16.5. The summed E-state index contributed by atoms with van der Waals surface area (Å²) in [6.45, 7) is 1.66. The topological polar surface area (TPSA) is 92.3 Å². The average Bonchev–Trinajstić information content (AvgIpc) is 2.72. The van der Waals surface area contributed by atoms with Gasteiger partial charge in [0.15, 0.2) is 0 Å². The molecule has 2 aromatic carbocycles. The van der Waals surface area contributed by atoms with Crippen LogP contribution in [0.5, 0.6) is 0 Å². The number of aromatic nitrogens is 3. The normalized spacial score (nSPS) is 12.1. The van der Waals surface area contributed by atoms with Crippen LogP contribution in [0.2, 0.25) is 0 Å². The van der Waals surface area contributed by atoms with Crippen LogP contribution in [0.3, 0.4) is 0 Å². The third kappa shape index (κ3) is 3.53. The highest BCUT2D eigenvalue weighted by Crippen LogP contribution is 2.17. The Morgan fingerprint density at radius 2 is 1.54 bits per heavy atom. The molecule has 0 aliphatic heterocycles. The molecule has 1 atom stereocenters. The molecule has 3 rings (SSSR count). The smallest absolute Gasteiger partial charge is 0.338 e. The second-order valence-corrected chi connectivity index (χ2v) is 6.57. The lowest BCUT2D eigenvalue weighted by molar-refractivity contribution is 0.0243. The summed E-state index contributed by atoms with van der Waals surface area (Å²) in [5, 5.41) is 1.92. The molecule has 0 aliphatic rings. The van der Waals surface area contributed by atoms with E-state index in [-0.39, 0.29) is 6.54 Å². The molecule has 0 bridgehead atoms. The number of hydrogen-bond donors (Lipinski definition) is 0. The van der Waals surface area contributed by atoms with Crippen LogP contribution in [0, 0.1) is 0 Å². The van der Waals surface area contributed by atoms with Crippen molar-refractivity contribution in [3.63, 3.8) is 0 Å². The molecule has 0 fully saturated rings. The first-order valence-corrected chi connectivity index (χ1v) is 8.90. The second-order valence-electron chi connectivity index (χ2n) is 6.57. The first-order chi connectivity index (χ1) is 13.3. The Bertz CT molecular complexity index is 1180. The van der Waals surface area contributed by atoms with Crippen molar-refractivity contribution < 1.29 is 9.53 Å². The molecule has 1 unspecified atom stereocenters. The lowest BCUT2D eigenvalue weighted by Gasteiger charge is -2.18. The van der Waals surface area contributed by atoms with Gasteiger partial charge < -0.3 is 4.74 Å². The van der Waals surface area contributed by atoms with Crippen LogP contribution >= 0.6 is 0 Å². The van der Waals surface area contributed by atoms with Gasteiger partial charge in [0.05, 0.1) is 12.1 Å². The molecule has 8 nitrogen and oxygen atoms in total. The van der Waals surface area contributed by atoms with Gasteiger partial charge in [-0.2, -0.15) is 0 Å². The van der Waals surface area contributed by atoms with Gasteiger partial charge in [0, 0.05) is 14.1 Å². The van der Waals surface area contributed by atoms with Gasteiger partial charge in [-0.1, -0.05) is 37.3 Å². The average molecular weight is 383 g/mol. The summed E-state index contributed by atoms with van der Waals surface area (Å²) in [5.74, 6) is -0.535. The largest absolute Gasteiger partial charge is 0.457 e. The van der Waals surface area contributed by atoms with Crippen LogP contribution < -0.4 is 17.1 Å². The zero-order valence-electron chi connectivity index (χ0n) is 15.9. The SMILES string of the molecule is CCC(Cn1c(=O)n(C)c(=O)n(C)c1=O)OC(=O)c1ccc2ccccc2c1. The van der Waals surface area contributed by atoms with Crippen LogP contribution in [0.4, 0.5) is 0 Å². The van der Waals surface area contributed by atoms with E-state index >= 15 is 0 Å². The Morgan fingerprint density at radius 3 is 2.14 bits per heavy atom. The fourth-order valence-electron chi connectivity index (χ4n) is 2.98. The number of fused-ring (bicyclic) bond motifs is 1. The predicted molar refractivity (Wildman–Crippen MR) is 105 cm³/mol. The van der Waals surface area contributed by atoms with Crippen LogP contribution in [-0.2, 0) is 25.4 Å².